The van der Waals surface area contributed by atoms with E-state index in [1.165, 1.54) is 19.3 Å². The summed E-state index contributed by atoms with van der Waals surface area (Å²) in [6.07, 6.45) is 13.9. The van der Waals surface area contributed by atoms with E-state index >= 15 is 0 Å². The normalized spacial score (nSPS) is 13.4. The van der Waals surface area contributed by atoms with Gasteiger partial charge < -0.3 is 14.5 Å². The topological polar surface area (TPSA) is 97.3 Å². The van der Waals surface area contributed by atoms with E-state index in [-0.39, 0.29) is 12.8 Å². The molecule has 0 amide bonds. The minimum atomic E-state index is -4.25. The molecule has 142 valence electrons. The summed E-state index contributed by atoms with van der Waals surface area (Å²) in [6, 6.07) is 0. The predicted molar refractivity (Wildman–Crippen MR) is 93.3 cm³/mol. The maximum atomic E-state index is 11.3. The van der Waals surface area contributed by atoms with Gasteiger partial charge in [-0.2, -0.15) is 0 Å². The first kappa shape index (κ1) is 23.1. The maximum absolute atomic E-state index is 11.3. The number of unbranched alkanes of at least 4 members (excludes halogenated alkanes) is 8. The molecule has 0 heterocycles. The van der Waals surface area contributed by atoms with Gasteiger partial charge in [-0.05, 0) is 38.5 Å². The minimum absolute atomic E-state index is 0.0818. The monoisotopic (exact) mass is 360 g/mol. The van der Waals surface area contributed by atoms with Crippen molar-refractivity contribution in [2.24, 2.45) is 0 Å². The first-order chi connectivity index (χ1) is 11.4. The Labute approximate surface area is 147 Å². The minimum Gasteiger partial charge on any atom is -0.748 e. The van der Waals surface area contributed by atoms with Crippen molar-refractivity contribution in [2.75, 3.05) is 0 Å². The average molecular weight is 361 g/mol. The van der Waals surface area contributed by atoms with Crippen LogP contribution in [0.15, 0.2) is 12.2 Å². The lowest BCUT2D eigenvalue weighted by Gasteiger charge is -2.19. The smallest absolute Gasteiger partial charge is 0.0978 e. The van der Waals surface area contributed by atoms with Crippen LogP contribution in [0.1, 0.15) is 90.4 Å². The van der Waals surface area contributed by atoms with Gasteiger partial charge in [-0.25, -0.2) is 8.42 Å². The molecule has 0 saturated heterocycles. The molecule has 0 saturated carbocycles. The molecule has 0 rings (SSSR count). The van der Waals surface area contributed by atoms with Crippen molar-refractivity contribution < 1.29 is 22.9 Å². The highest BCUT2D eigenvalue weighted by atomic mass is 32.2. The molecule has 5 nitrogen and oxygen atoms in total. The molecule has 1 unspecified atom stereocenters. The van der Waals surface area contributed by atoms with Crippen LogP contribution in [0.4, 0.5) is 0 Å². The Morgan fingerprint density at radius 1 is 0.958 bits per heavy atom. The molecule has 0 aliphatic heterocycles. The number of carboxylic acid groups (broad SMARTS) is 1. The molecular formula is C18H32O5S-2. The molecule has 0 spiro atoms. The lowest BCUT2D eigenvalue weighted by atomic mass is 10.1. The van der Waals surface area contributed by atoms with Crippen molar-refractivity contribution in [3.8, 4) is 0 Å². The number of allylic oxidation sites excluding steroid dienone is 2. The van der Waals surface area contributed by atoms with E-state index in [0.717, 1.165) is 38.5 Å². The molecule has 0 N–H and O–H groups in total. The number of aliphatic carboxylic acids is 1. The highest BCUT2D eigenvalue weighted by Gasteiger charge is 2.14. The van der Waals surface area contributed by atoms with Crippen molar-refractivity contribution in [3.05, 3.63) is 12.2 Å². The molecule has 24 heavy (non-hydrogen) atoms. The molecule has 0 aromatic carbocycles. The number of carboxylic acids is 1. The summed E-state index contributed by atoms with van der Waals surface area (Å²) in [5, 5.41) is 9.43. The summed E-state index contributed by atoms with van der Waals surface area (Å²) in [6.45, 7) is 2.15. The Hall–Kier alpha value is -0.880. The van der Waals surface area contributed by atoms with E-state index in [9.17, 15) is 22.9 Å². The lowest BCUT2D eigenvalue weighted by molar-refractivity contribution is -0.305. The Balaban J connectivity index is 3.91. The van der Waals surface area contributed by atoms with Crippen LogP contribution >= 0.6 is 0 Å². The van der Waals surface area contributed by atoms with Gasteiger partial charge in [-0.15, -0.1) is 0 Å². The first-order valence-electron chi connectivity index (χ1n) is 9.17. The predicted octanol–water partition coefficient (Wildman–Crippen LogP) is 3.30. The average Bonchev–Trinajstić information content (AvgIpc) is 2.49. The highest BCUT2D eigenvalue weighted by molar-refractivity contribution is 7.86. The molecule has 1 atom stereocenters. The first-order valence-corrected chi connectivity index (χ1v) is 10.6. The molecule has 0 radical (unpaired) electrons. The van der Waals surface area contributed by atoms with Crippen LogP contribution in [0.5, 0.6) is 0 Å². The zero-order valence-corrected chi connectivity index (χ0v) is 15.7. The van der Waals surface area contributed by atoms with E-state index in [1.807, 2.05) is 6.08 Å². The number of hydrogen-bond acceptors (Lipinski definition) is 5. The molecule has 0 aromatic rings. The third kappa shape index (κ3) is 14.7. The molecule has 6 heteroatoms. The van der Waals surface area contributed by atoms with Crippen LogP contribution in [0, 0.1) is 0 Å². The Morgan fingerprint density at radius 2 is 1.58 bits per heavy atom. The fraction of sp³-hybridized carbons (Fsp3) is 0.833. The number of carbonyl (C=O) groups excluding carboxylic acids is 1. The zero-order chi connectivity index (χ0) is 18.3. The molecular weight excluding hydrogens is 328 g/mol. The summed E-state index contributed by atoms with van der Waals surface area (Å²) >= 11 is 0. The second-order valence-electron chi connectivity index (χ2n) is 6.35. The van der Waals surface area contributed by atoms with Crippen LogP contribution in [0.25, 0.3) is 0 Å². The van der Waals surface area contributed by atoms with Crippen LogP contribution in [0.2, 0.25) is 0 Å². The Morgan fingerprint density at radius 3 is 2.21 bits per heavy atom. The van der Waals surface area contributed by atoms with Gasteiger partial charge in [0, 0.05) is 5.97 Å². The summed E-state index contributed by atoms with van der Waals surface area (Å²) in [7, 11) is -4.25. The molecule has 0 aromatic heterocycles. The van der Waals surface area contributed by atoms with Gasteiger partial charge in [0.2, 0.25) is 0 Å². The van der Waals surface area contributed by atoms with Crippen molar-refractivity contribution in [1.29, 1.82) is 0 Å². The third-order valence-corrected chi connectivity index (χ3v) is 5.35. The van der Waals surface area contributed by atoms with Gasteiger partial charge in [0.05, 0.1) is 15.4 Å². The van der Waals surface area contributed by atoms with Gasteiger partial charge in [0.15, 0.2) is 0 Å². The number of carbonyl (C=O) groups is 1. The largest absolute Gasteiger partial charge is 0.748 e. The fourth-order valence-corrected chi connectivity index (χ4v) is 3.41. The van der Waals surface area contributed by atoms with Crippen molar-refractivity contribution >= 4 is 16.1 Å². The highest BCUT2D eigenvalue weighted by Crippen LogP contribution is 2.16. The number of hydrogen-bond donors (Lipinski definition) is 0. The van der Waals surface area contributed by atoms with Gasteiger partial charge in [0.25, 0.3) is 0 Å². The Bertz CT molecular complexity index is 442. The standard InChI is InChI=1S/C18H34O5S/c1-2-3-4-5-8-11-14-17(24(21,22)23)15-12-9-6-7-10-13-16-18(19)20/h9,12,17H,2-8,10-11,13-16H2,1H3,(H,19,20)(H,21,22,23)/p-2/b12-9+. The molecule has 0 aliphatic carbocycles. The van der Waals surface area contributed by atoms with E-state index in [2.05, 4.69) is 6.92 Å². The van der Waals surface area contributed by atoms with Crippen LogP contribution in [-0.4, -0.2) is 24.2 Å². The van der Waals surface area contributed by atoms with E-state index in [1.54, 1.807) is 6.08 Å². The zero-order valence-electron chi connectivity index (χ0n) is 14.9. The van der Waals surface area contributed by atoms with E-state index in [0.29, 0.717) is 12.8 Å². The van der Waals surface area contributed by atoms with Crippen LogP contribution in [0.3, 0.4) is 0 Å². The van der Waals surface area contributed by atoms with Crippen molar-refractivity contribution in [2.45, 2.75) is 95.6 Å². The Kier molecular flexibility index (Phi) is 13.9. The summed E-state index contributed by atoms with van der Waals surface area (Å²) in [4.78, 5) is 10.3. The summed E-state index contributed by atoms with van der Waals surface area (Å²) in [5.74, 6) is -1.02. The lowest BCUT2D eigenvalue weighted by Crippen LogP contribution is -2.21. The summed E-state index contributed by atoms with van der Waals surface area (Å²) in [5.41, 5.74) is 0. The second-order valence-corrected chi connectivity index (χ2v) is 8.00. The summed E-state index contributed by atoms with van der Waals surface area (Å²) < 4.78 is 33.9. The third-order valence-electron chi connectivity index (χ3n) is 4.11. The van der Waals surface area contributed by atoms with Gasteiger partial charge in [-0.3, -0.25) is 0 Å². The second kappa shape index (κ2) is 14.5. The van der Waals surface area contributed by atoms with Crippen LogP contribution in [-0.2, 0) is 14.9 Å². The van der Waals surface area contributed by atoms with Crippen LogP contribution < -0.4 is 5.11 Å². The molecule has 0 aliphatic rings. The molecule has 0 bridgehead atoms. The number of rotatable bonds is 16. The van der Waals surface area contributed by atoms with Gasteiger partial charge >= 0.3 is 0 Å². The van der Waals surface area contributed by atoms with E-state index in [4.69, 9.17) is 0 Å². The molecule has 0 fully saturated rings. The maximum Gasteiger partial charge on any atom is 0.0978 e. The quantitative estimate of drug-likeness (QED) is 0.239. The van der Waals surface area contributed by atoms with Gasteiger partial charge in [-0.1, -0.05) is 64.0 Å². The van der Waals surface area contributed by atoms with Gasteiger partial charge in [0.1, 0.15) is 0 Å². The van der Waals surface area contributed by atoms with Crippen molar-refractivity contribution in [1.82, 2.24) is 0 Å². The SMILES string of the molecule is CCCCCCCCC(C/C=C/CCCCCC(=O)[O-])S(=O)(=O)[O-]. The van der Waals surface area contributed by atoms with Crippen molar-refractivity contribution in [3.63, 3.8) is 0 Å². The van der Waals surface area contributed by atoms with E-state index < -0.39 is 21.3 Å². The fourth-order valence-electron chi connectivity index (χ4n) is 2.61.